The SMILES string of the molecule is O=C(Nc1ccccn1)[C@H]1CC12CCN(C(=O)O)CC2. The van der Waals surface area contributed by atoms with Gasteiger partial charge in [-0.2, -0.15) is 0 Å². The zero-order valence-corrected chi connectivity index (χ0v) is 11.1. The molecule has 6 nitrogen and oxygen atoms in total. The summed E-state index contributed by atoms with van der Waals surface area (Å²) in [6, 6.07) is 5.40. The van der Waals surface area contributed by atoms with E-state index in [4.69, 9.17) is 5.11 Å². The van der Waals surface area contributed by atoms with Gasteiger partial charge < -0.3 is 15.3 Å². The van der Waals surface area contributed by atoms with Crippen LogP contribution in [0.4, 0.5) is 10.6 Å². The van der Waals surface area contributed by atoms with Gasteiger partial charge in [0.1, 0.15) is 5.82 Å². The molecule has 1 saturated heterocycles. The number of carbonyl (C=O) groups excluding carboxylic acids is 1. The van der Waals surface area contributed by atoms with Crippen LogP contribution >= 0.6 is 0 Å². The van der Waals surface area contributed by atoms with Gasteiger partial charge in [-0.3, -0.25) is 4.79 Å². The molecule has 20 heavy (non-hydrogen) atoms. The van der Waals surface area contributed by atoms with Crippen LogP contribution in [0.3, 0.4) is 0 Å². The smallest absolute Gasteiger partial charge is 0.407 e. The number of pyridine rings is 1. The van der Waals surface area contributed by atoms with Gasteiger partial charge in [-0.25, -0.2) is 9.78 Å². The Hall–Kier alpha value is -2.11. The monoisotopic (exact) mass is 275 g/mol. The van der Waals surface area contributed by atoms with Crippen molar-refractivity contribution >= 4 is 17.8 Å². The summed E-state index contributed by atoms with van der Waals surface area (Å²) in [5, 5.41) is 11.8. The average molecular weight is 275 g/mol. The van der Waals surface area contributed by atoms with E-state index in [9.17, 15) is 9.59 Å². The number of piperidine rings is 1. The molecule has 3 rings (SSSR count). The van der Waals surface area contributed by atoms with Gasteiger partial charge in [0.25, 0.3) is 0 Å². The molecule has 1 aliphatic carbocycles. The predicted molar refractivity (Wildman–Crippen MR) is 72.2 cm³/mol. The van der Waals surface area contributed by atoms with Crippen LogP contribution in [0.5, 0.6) is 0 Å². The Balaban J connectivity index is 1.56. The van der Waals surface area contributed by atoms with E-state index >= 15 is 0 Å². The largest absolute Gasteiger partial charge is 0.465 e. The van der Waals surface area contributed by atoms with Crippen LogP contribution in [0.2, 0.25) is 0 Å². The summed E-state index contributed by atoms with van der Waals surface area (Å²) in [6.07, 6.45) is 3.19. The fourth-order valence-corrected chi connectivity index (χ4v) is 3.06. The predicted octanol–water partition coefficient (Wildman–Crippen LogP) is 1.80. The molecule has 1 atom stereocenters. The first-order chi connectivity index (χ1) is 9.61. The van der Waals surface area contributed by atoms with Gasteiger partial charge in [0.05, 0.1) is 0 Å². The fourth-order valence-electron chi connectivity index (χ4n) is 3.06. The number of likely N-dealkylation sites (tertiary alicyclic amines) is 1. The van der Waals surface area contributed by atoms with E-state index in [-0.39, 0.29) is 17.2 Å². The Morgan fingerprint density at radius 2 is 2.10 bits per heavy atom. The Kier molecular flexibility index (Phi) is 3.08. The van der Waals surface area contributed by atoms with E-state index in [1.807, 2.05) is 6.07 Å². The molecule has 2 N–H and O–H groups in total. The number of rotatable bonds is 2. The second-order valence-corrected chi connectivity index (χ2v) is 5.59. The molecule has 106 valence electrons. The number of nitrogens with zero attached hydrogens (tertiary/aromatic N) is 2. The van der Waals surface area contributed by atoms with E-state index in [2.05, 4.69) is 10.3 Å². The Morgan fingerprint density at radius 1 is 1.35 bits per heavy atom. The van der Waals surface area contributed by atoms with Gasteiger partial charge in [-0.05, 0) is 36.8 Å². The number of aromatic nitrogens is 1. The molecule has 0 unspecified atom stereocenters. The molecule has 6 heteroatoms. The molecule has 1 saturated carbocycles. The number of hydrogen-bond acceptors (Lipinski definition) is 3. The van der Waals surface area contributed by atoms with Crippen LogP contribution in [-0.4, -0.2) is 40.1 Å². The maximum atomic E-state index is 12.2. The van der Waals surface area contributed by atoms with Crippen molar-refractivity contribution in [3.05, 3.63) is 24.4 Å². The first-order valence-electron chi connectivity index (χ1n) is 6.80. The molecule has 1 aliphatic heterocycles. The van der Waals surface area contributed by atoms with Crippen molar-refractivity contribution in [2.75, 3.05) is 18.4 Å². The van der Waals surface area contributed by atoms with Crippen molar-refractivity contribution in [2.24, 2.45) is 11.3 Å². The zero-order chi connectivity index (χ0) is 14.2. The van der Waals surface area contributed by atoms with Crippen LogP contribution in [-0.2, 0) is 4.79 Å². The van der Waals surface area contributed by atoms with Crippen LogP contribution in [0.25, 0.3) is 0 Å². The Bertz CT molecular complexity index is 524. The molecule has 2 amide bonds. The molecular formula is C14H17N3O3. The highest BCUT2D eigenvalue weighted by Crippen LogP contribution is 2.59. The number of amides is 2. The van der Waals surface area contributed by atoms with Gasteiger partial charge in [0.15, 0.2) is 0 Å². The highest BCUT2D eigenvalue weighted by Gasteiger charge is 2.58. The number of hydrogen-bond donors (Lipinski definition) is 2. The Labute approximate surface area is 116 Å². The molecule has 1 spiro atoms. The topological polar surface area (TPSA) is 82.5 Å². The molecule has 1 aromatic rings. The summed E-state index contributed by atoms with van der Waals surface area (Å²) in [7, 11) is 0. The van der Waals surface area contributed by atoms with Gasteiger partial charge >= 0.3 is 6.09 Å². The maximum Gasteiger partial charge on any atom is 0.407 e. The highest BCUT2D eigenvalue weighted by atomic mass is 16.4. The lowest BCUT2D eigenvalue weighted by Crippen LogP contribution is -2.39. The number of anilines is 1. The number of nitrogens with one attached hydrogen (secondary N) is 1. The summed E-state index contributed by atoms with van der Waals surface area (Å²) in [5.41, 5.74) is 0.0187. The summed E-state index contributed by atoms with van der Waals surface area (Å²) < 4.78 is 0. The van der Waals surface area contributed by atoms with Crippen molar-refractivity contribution in [2.45, 2.75) is 19.3 Å². The summed E-state index contributed by atoms with van der Waals surface area (Å²) in [4.78, 5) is 28.6. The molecule has 0 radical (unpaired) electrons. The lowest BCUT2D eigenvalue weighted by Gasteiger charge is -2.30. The van der Waals surface area contributed by atoms with Crippen LogP contribution < -0.4 is 5.32 Å². The summed E-state index contributed by atoms with van der Waals surface area (Å²) in [6.45, 7) is 1.06. The van der Waals surface area contributed by atoms with Crippen molar-refractivity contribution in [3.63, 3.8) is 0 Å². The first kappa shape index (κ1) is 12.9. The minimum Gasteiger partial charge on any atom is -0.465 e. The second kappa shape index (κ2) is 4.77. The van der Waals surface area contributed by atoms with Crippen molar-refractivity contribution in [1.29, 1.82) is 0 Å². The van der Waals surface area contributed by atoms with Gasteiger partial charge in [0, 0.05) is 25.2 Å². The zero-order valence-electron chi connectivity index (χ0n) is 11.1. The van der Waals surface area contributed by atoms with Crippen LogP contribution in [0, 0.1) is 11.3 Å². The summed E-state index contributed by atoms with van der Waals surface area (Å²) >= 11 is 0. The quantitative estimate of drug-likeness (QED) is 0.862. The minimum absolute atomic E-state index is 0.000418. The highest BCUT2D eigenvalue weighted by molar-refractivity contribution is 5.94. The van der Waals surface area contributed by atoms with Gasteiger partial charge in [-0.15, -0.1) is 0 Å². The van der Waals surface area contributed by atoms with Crippen LogP contribution in [0.15, 0.2) is 24.4 Å². The normalized spacial score (nSPS) is 23.4. The third-order valence-electron chi connectivity index (χ3n) is 4.45. The van der Waals surface area contributed by atoms with Gasteiger partial charge in [-0.1, -0.05) is 6.07 Å². The van der Waals surface area contributed by atoms with Gasteiger partial charge in [0.2, 0.25) is 5.91 Å². The van der Waals surface area contributed by atoms with Crippen molar-refractivity contribution in [1.82, 2.24) is 9.88 Å². The van der Waals surface area contributed by atoms with Crippen molar-refractivity contribution < 1.29 is 14.7 Å². The van der Waals surface area contributed by atoms with Crippen molar-refractivity contribution in [3.8, 4) is 0 Å². The molecule has 0 aromatic carbocycles. The molecule has 2 aliphatic rings. The lowest BCUT2D eigenvalue weighted by molar-refractivity contribution is -0.118. The van der Waals surface area contributed by atoms with E-state index < -0.39 is 6.09 Å². The minimum atomic E-state index is -0.866. The number of carbonyl (C=O) groups is 2. The van der Waals surface area contributed by atoms with E-state index in [0.717, 1.165) is 19.3 Å². The molecule has 1 aromatic heterocycles. The fraction of sp³-hybridized carbons (Fsp3) is 0.500. The third-order valence-corrected chi connectivity index (χ3v) is 4.45. The van der Waals surface area contributed by atoms with E-state index in [0.29, 0.717) is 18.9 Å². The third kappa shape index (κ3) is 2.33. The molecular weight excluding hydrogens is 258 g/mol. The second-order valence-electron chi connectivity index (χ2n) is 5.59. The lowest BCUT2D eigenvalue weighted by atomic mass is 9.91. The standard InChI is InChI=1S/C14H17N3O3/c18-12(16-11-3-1-2-6-15-11)10-9-14(10)4-7-17(8-5-14)13(19)20/h1-3,6,10H,4-5,7-9H2,(H,19,20)(H,15,16,18)/t10-/m1/s1. The summed E-state index contributed by atoms with van der Waals surface area (Å²) in [5.74, 6) is 0.579. The van der Waals surface area contributed by atoms with E-state index in [1.54, 1.807) is 18.3 Å². The average Bonchev–Trinajstić information content (AvgIpc) is 3.14. The maximum absolute atomic E-state index is 12.2. The Morgan fingerprint density at radius 3 is 2.70 bits per heavy atom. The first-order valence-corrected chi connectivity index (χ1v) is 6.80. The number of carboxylic acid groups (broad SMARTS) is 1. The molecule has 2 heterocycles. The van der Waals surface area contributed by atoms with Crippen LogP contribution in [0.1, 0.15) is 19.3 Å². The molecule has 0 bridgehead atoms. The molecule has 2 fully saturated rings. The van der Waals surface area contributed by atoms with E-state index in [1.165, 1.54) is 4.90 Å².